The van der Waals surface area contributed by atoms with Gasteiger partial charge in [-0.3, -0.25) is 4.79 Å². The highest BCUT2D eigenvalue weighted by Gasteiger charge is 2.31. The fourth-order valence-electron chi connectivity index (χ4n) is 3.77. The van der Waals surface area contributed by atoms with Gasteiger partial charge in [0.15, 0.2) is 0 Å². The van der Waals surface area contributed by atoms with Gasteiger partial charge in [0.05, 0.1) is 0 Å². The number of nitrogens with zero attached hydrogens (tertiary/aromatic N) is 1. The van der Waals surface area contributed by atoms with E-state index in [1.54, 1.807) is 0 Å². The third kappa shape index (κ3) is 4.60. The van der Waals surface area contributed by atoms with E-state index in [2.05, 4.69) is 11.9 Å². The van der Waals surface area contributed by atoms with Crippen LogP contribution in [-0.2, 0) is 14.3 Å². The van der Waals surface area contributed by atoms with Crippen molar-refractivity contribution in [1.29, 1.82) is 0 Å². The smallest absolute Gasteiger partial charge is 0.407 e. The molecule has 1 aliphatic rings. The van der Waals surface area contributed by atoms with Crippen LogP contribution in [0.2, 0.25) is 0 Å². The number of carboxylic acids is 1. The van der Waals surface area contributed by atoms with E-state index in [-0.39, 0.29) is 18.9 Å². The number of carbonyl (C=O) groups excluding carboxylic acids is 2. The molecule has 7 nitrogen and oxygen atoms in total. The summed E-state index contributed by atoms with van der Waals surface area (Å²) in [6.45, 7) is 5.13. The maximum absolute atomic E-state index is 12.6. The van der Waals surface area contributed by atoms with Gasteiger partial charge in [-0.15, -0.1) is 6.58 Å². The Bertz CT molecular complexity index is 957. The van der Waals surface area contributed by atoms with E-state index in [0.717, 1.165) is 27.2 Å². The number of hydrogen-bond donors (Lipinski definition) is 2. The first-order chi connectivity index (χ1) is 14.8. The third-order valence-corrected chi connectivity index (χ3v) is 5.62. The Balaban J connectivity index is 1.68. The van der Waals surface area contributed by atoms with Gasteiger partial charge in [0.2, 0.25) is 5.91 Å². The zero-order valence-corrected chi connectivity index (χ0v) is 17.6. The summed E-state index contributed by atoms with van der Waals surface area (Å²) >= 11 is 0. The van der Waals surface area contributed by atoms with E-state index in [0.29, 0.717) is 0 Å². The van der Waals surface area contributed by atoms with Crippen molar-refractivity contribution in [3.63, 3.8) is 0 Å². The van der Waals surface area contributed by atoms with E-state index >= 15 is 0 Å². The Hall–Kier alpha value is -3.61. The molecule has 31 heavy (non-hydrogen) atoms. The number of fused-ring (bicyclic) bond motifs is 3. The summed E-state index contributed by atoms with van der Waals surface area (Å²) in [5, 5.41) is 11.7. The fraction of sp³-hybridized carbons (Fsp3) is 0.292. The Kier molecular flexibility index (Phi) is 6.74. The predicted octanol–water partition coefficient (Wildman–Crippen LogP) is 3.40. The van der Waals surface area contributed by atoms with Crippen LogP contribution in [0, 0.1) is 0 Å². The summed E-state index contributed by atoms with van der Waals surface area (Å²) in [4.78, 5) is 37.4. The molecule has 0 heterocycles. The molecular weight excluding hydrogens is 396 g/mol. The van der Waals surface area contributed by atoms with E-state index in [4.69, 9.17) is 9.84 Å². The van der Waals surface area contributed by atoms with Crippen molar-refractivity contribution in [2.45, 2.75) is 31.3 Å². The molecule has 0 bridgehead atoms. The third-order valence-electron chi connectivity index (χ3n) is 5.62. The highest BCUT2D eigenvalue weighted by molar-refractivity contribution is 5.89. The molecule has 0 fully saturated rings. The molecule has 2 amide bonds. The number of alkyl carbamates (subject to hydrolysis) is 1. The number of hydrogen-bond acceptors (Lipinski definition) is 4. The molecule has 0 saturated carbocycles. The van der Waals surface area contributed by atoms with Crippen LogP contribution in [0.5, 0.6) is 0 Å². The maximum atomic E-state index is 12.6. The van der Waals surface area contributed by atoms with Crippen LogP contribution >= 0.6 is 0 Å². The monoisotopic (exact) mass is 422 g/mol. The van der Waals surface area contributed by atoms with Crippen molar-refractivity contribution in [3.8, 4) is 11.1 Å². The van der Waals surface area contributed by atoms with E-state index in [9.17, 15) is 14.4 Å². The molecule has 2 N–H and O–H groups in total. The molecule has 1 unspecified atom stereocenters. The molecule has 0 saturated heterocycles. The highest BCUT2D eigenvalue weighted by Crippen LogP contribution is 2.44. The molecule has 162 valence electrons. The number of likely N-dealkylation sites (N-methyl/N-ethyl adjacent to an activating group) is 1. The van der Waals surface area contributed by atoms with Gasteiger partial charge in [-0.2, -0.15) is 0 Å². The summed E-state index contributed by atoms with van der Waals surface area (Å²) in [6, 6.07) is 14.0. The molecule has 0 radical (unpaired) electrons. The zero-order valence-electron chi connectivity index (χ0n) is 17.6. The van der Waals surface area contributed by atoms with Crippen molar-refractivity contribution < 1.29 is 24.2 Å². The lowest BCUT2D eigenvalue weighted by atomic mass is 9.98. The average Bonchev–Trinajstić information content (AvgIpc) is 3.09. The van der Waals surface area contributed by atoms with Gasteiger partial charge in [-0.25, -0.2) is 9.59 Å². The molecular formula is C24H26N2O5. The van der Waals surface area contributed by atoms with Crippen LogP contribution < -0.4 is 5.32 Å². The highest BCUT2D eigenvalue weighted by atomic mass is 16.5. The lowest BCUT2D eigenvalue weighted by molar-refractivity contribution is -0.148. The number of rotatable bonds is 8. The quantitative estimate of drug-likeness (QED) is 0.636. The van der Waals surface area contributed by atoms with Gasteiger partial charge in [-0.05, 0) is 35.6 Å². The first kappa shape index (κ1) is 22.1. The van der Waals surface area contributed by atoms with Gasteiger partial charge in [0, 0.05) is 13.0 Å². The largest absolute Gasteiger partial charge is 0.480 e. The van der Waals surface area contributed by atoms with Crippen LogP contribution in [0.1, 0.15) is 30.4 Å². The van der Waals surface area contributed by atoms with Gasteiger partial charge >= 0.3 is 12.1 Å². The Morgan fingerprint density at radius 2 is 1.68 bits per heavy atom. The minimum atomic E-state index is -1.13. The molecule has 2 aromatic carbocycles. The number of carbonyl (C=O) groups is 3. The Labute approximate surface area is 181 Å². The fourth-order valence-corrected chi connectivity index (χ4v) is 3.77. The second kappa shape index (κ2) is 9.47. The van der Waals surface area contributed by atoms with Crippen LogP contribution in [0.15, 0.2) is 61.2 Å². The first-order valence-corrected chi connectivity index (χ1v) is 10.1. The van der Waals surface area contributed by atoms with Crippen molar-refractivity contribution >= 4 is 18.0 Å². The normalized spacial score (nSPS) is 14.0. The van der Waals surface area contributed by atoms with E-state index < -0.39 is 30.1 Å². The lowest BCUT2D eigenvalue weighted by Gasteiger charge is -2.26. The number of aliphatic carboxylic acids is 1. The Morgan fingerprint density at radius 3 is 2.19 bits per heavy atom. The van der Waals surface area contributed by atoms with Gasteiger partial charge in [-0.1, -0.05) is 54.6 Å². The molecule has 7 heteroatoms. The Morgan fingerprint density at radius 1 is 1.13 bits per heavy atom. The minimum Gasteiger partial charge on any atom is -0.480 e. The molecule has 0 aromatic heterocycles. The summed E-state index contributed by atoms with van der Waals surface area (Å²) in [5.41, 5.74) is 4.42. The lowest BCUT2D eigenvalue weighted by Crippen LogP contribution is -2.51. The number of amides is 2. The van der Waals surface area contributed by atoms with Crippen molar-refractivity contribution in [2.75, 3.05) is 13.7 Å². The maximum Gasteiger partial charge on any atom is 0.407 e. The van der Waals surface area contributed by atoms with Crippen LogP contribution in [0.25, 0.3) is 11.1 Å². The van der Waals surface area contributed by atoms with Gasteiger partial charge in [0.1, 0.15) is 18.7 Å². The molecule has 3 rings (SSSR count). The molecule has 2 atom stereocenters. The molecule has 2 aromatic rings. The van der Waals surface area contributed by atoms with Crippen molar-refractivity contribution in [3.05, 3.63) is 72.3 Å². The van der Waals surface area contributed by atoms with E-state index in [1.165, 1.54) is 20.0 Å². The summed E-state index contributed by atoms with van der Waals surface area (Å²) < 4.78 is 5.48. The zero-order chi connectivity index (χ0) is 22.5. The van der Waals surface area contributed by atoms with Crippen LogP contribution in [-0.4, -0.2) is 53.7 Å². The van der Waals surface area contributed by atoms with Crippen LogP contribution in [0.3, 0.4) is 0 Å². The standard InChI is InChI=1S/C24H26N2O5/c1-4-9-21(22(27)26(3)15(2)23(28)29)25-24(30)31-14-20-18-12-7-5-10-16(18)17-11-6-8-13-19(17)20/h4-8,10-13,15,20-21H,1,9,14H2,2-3H3,(H,25,30)(H,28,29)/t15-,21?/m0/s1. The SMILES string of the molecule is C=CCC(NC(=O)OCC1c2ccccc2-c2ccccc21)C(=O)N(C)[C@@H](C)C(=O)O. The summed E-state index contributed by atoms with van der Waals surface area (Å²) in [6.07, 6.45) is 0.907. The summed E-state index contributed by atoms with van der Waals surface area (Å²) in [5.74, 6) is -1.75. The predicted molar refractivity (Wildman–Crippen MR) is 117 cm³/mol. The number of ether oxygens (including phenoxy) is 1. The molecule has 0 aliphatic heterocycles. The van der Waals surface area contributed by atoms with Gasteiger partial charge < -0.3 is 20.1 Å². The second-order valence-corrected chi connectivity index (χ2v) is 7.51. The van der Waals surface area contributed by atoms with Crippen molar-refractivity contribution in [2.24, 2.45) is 0 Å². The van der Waals surface area contributed by atoms with E-state index in [1.807, 2.05) is 48.5 Å². The summed E-state index contributed by atoms with van der Waals surface area (Å²) in [7, 11) is 1.39. The van der Waals surface area contributed by atoms with Crippen LogP contribution in [0.4, 0.5) is 4.79 Å². The molecule has 0 spiro atoms. The minimum absolute atomic E-state index is 0.0959. The number of carboxylic acid groups (broad SMARTS) is 1. The number of nitrogens with one attached hydrogen (secondary N) is 1. The molecule has 1 aliphatic carbocycles. The first-order valence-electron chi connectivity index (χ1n) is 10.1. The number of benzene rings is 2. The average molecular weight is 422 g/mol. The van der Waals surface area contributed by atoms with Crippen molar-refractivity contribution in [1.82, 2.24) is 10.2 Å². The second-order valence-electron chi connectivity index (χ2n) is 7.51. The van der Waals surface area contributed by atoms with Gasteiger partial charge in [0.25, 0.3) is 0 Å². The topological polar surface area (TPSA) is 95.9 Å².